The fourth-order valence-electron chi connectivity index (χ4n) is 1.57. The van der Waals surface area contributed by atoms with Crippen molar-refractivity contribution in [1.29, 1.82) is 0 Å². The smallest absolute Gasteiger partial charge is 0.338 e. The molecule has 92 valence electrons. The summed E-state index contributed by atoms with van der Waals surface area (Å²) in [5.41, 5.74) is 0.421. The summed E-state index contributed by atoms with van der Waals surface area (Å²) in [6, 6.07) is 6.59. The Morgan fingerprint density at radius 1 is 1.35 bits per heavy atom. The van der Waals surface area contributed by atoms with Gasteiger partial charge in [-0.05, 0) is 24.3 Å². The SMILES string of the molecule is COc1ccc(C(=O)O[C@@H]2COC[C@@H]2O)cc1. The van der Waals surface area contributed by atoms with Crippen molar-refractivity contribution in [1.82, 2.24) is 0 Å². The molecule has 17 heavy (non-hydrogen) atoms. The van der Waals surface area contributed by atoms with Crippen molar-refractivity contribution >= 4 is 5.97 Å². The fourth-order valence-corrected chi connectivity index (χ4v) is 1.57. The number of carbonyl (C=O) groups is 1. The van der Waals surface area contributed by atoms with Crippen LogP contribution in [0, 0.1) is 0 Å². The highest BCUT2D eigenvalue weighted by molar-refractivity contribution is 5.89. The molecule has 0 aliphatic carbocycles. The first-order chi connectivity index (χ1) is 8.20. The van der Waals surface area contributed by atoms with Gasteiger partial charge in [-0.25, -0.2) is 4.79 Å². The van der Waals surface area contributed by atoms with Crippen LogP contribution in [0.2, 0.25) is 0 Å². The topological polar surface area (TPSA) is 65.0 Å². The number of rotatable bonds is 3. The maximum atomic E-state index is 11.7. The molecule has 2 atom stereocenters. The molecule has 2 rings (SSSR count). The number of benzene rings is 1. The van der Waals surface area contributed by atoms with Crippen LogP contribution in [0.5, 0.6) is 5.75 Å². The summed E-state index contributed by atoms with van der Waals surface area (Å²) in [7, 11) is 1.56. The zero-order chi connectivity index (χ0) is 12.3. The Morgan fingerprint density at radius 2 is 2.06 bits per heavy atom. The van der Waals surface area contributed by atoms with E-state index in [2.05, 4.69) is 0 Å². The van der Waals surface area contributed by atoms with Gasteiger partial charge in [-0.2, -0.15) is 0 Å². The van der Waals surface area contributed by atoms with Gasteiger partial charge in [-0.1, -0.05) is 0 Å². The highest BCUT2D eigenvalue weighted by atomic mass is 16.6. The molecule has 0 unspecified atom stereocenters. The molecule has 1 aliphatic heterocycles. The molecule has 5 nitrogen and oxygen atoms in total. The van der Waals surface area contributed by atoms with E-state index in [9.17, 15) is 9.90 Å². The molecule has 0 spiro atoms. The Bertz CT molecular complexity index is 386. The van der Waals surface area contributed by atoms with Crippen molar-refractivity contribution in [2.75, 3.05) is 20.3 Å². The summed E-state index contributed by atoms with van der Waals surface area (Å²) in [6.45, 7) is 0.448. The van der Waals surface area contributed by atoms with Crippen molar-refractivity contribution in [2.24, 2.45) is 0 Å². The van der Waals surface area contributed by atoms with Gasteiger partial charge in [0.05, 0.1) is 25.9 Å². The number of aliphatic hydroxyl groups is 1. The zero-order valence-electron chi connectivity index (χ0n) is 9.46. The van der Waals surface area contributed by atoms with Crippen molar-refractivity contribution in [3.8, 4) is 5.75 Å². The second-order valence-corrected chi connectivity index (χ2v) is 3.78. The molecular formula is C12H14O5. The van der Waals surface area contributed by atoms with Crippen LogP contribution in [-0.4, -0.2) is 43.6 Å². The molecule has 0 bridgehead atoms. The number of hydrogen-bond acceptors (Lipinski definition) is 5. The lowest BCUT2D eigenvalue weighted by Crippen LogP contribution is -2.29. The summed E-state index contributed by atoms with van der Waals surface area (Å²) < 4.78 is 15.1. The third kappa shape index (κ3) is 2.75. The molecule has 0 radical (unpaired) electrons. The van der Waals surface area contributed by atoms with E-state index in [4.69, 9.17) is 14.2 Å². The van der Waals surface area contributed by atoms with Gasteiger partial charge in [0.1, 0.15) is 11.9 Å². The maximum absolute atomic E-state index is 11.7. The average Bonchev–Trinajstić information content (AvgIpc) is 2.75. The lowest BCUT2D eigenvalue weighted by Gasteiger charge is -2.13. The van der Waals surface area contributed by atoms with E-state index in [-0.39, 0.29) is 13.2 Å². The third-order valence-corrected chi connectivity index (χ3v) is 2.58. The standard InChI is InChI=1S/C12H14O5/c1-15-9-4-2-8(3-5-9)12(14)17-11-7-16-6-10(11)13/h2-5,10-11,13H,6-7H2,1H3/t10-,11+/m0/s1. The monoisotopic (exact) mass is 238 g/mol. The number of hydrogen-bond donors (Lipinski definition) is 1. The van der Waals surface area contributed by atoms with Crippen molar-refractivity contribution < 1.29 is 24.1 Å². The minimum Gasteiger partial charge on any atom is -0.497 e. The van der Waals surface area contributed by atoms with E-state index >= 15 is 0 Å². The molecule has 5 heteroatoms. The predicted molar refractivity (Wildman–Crippen MR) is 59.0 cm³/mol. The Kier molecular flexibility index (Phi) is 3.61. The van der Waals surface area contributed by atoms with E-state index in [0.29, 0.717) is 11.3 Å². The Balaban J connectivity index is 1.99. The van der Waals surface area contributed by atoms with Gasteiger partial charge >= 0.3 is 5.97 Å². The van der Waals surface area contributed by atoms with E-state index in [1.807, 2.05) is 0 Å². The molecule has 0 aromatic heterocycles. The average molecular weight is 238 g/mol. The Hall–Kier alpha value is -1.59. The van der Waals surface area contributed by atoms with Gasteiger partial charge in [-0.3, -0.25) is 0 Å². The predicted octanol–water partition coefficient (Wildman–Crippen LogP) is 0.612. The van der Waals surface area contributed by atoms with Crippen molar-refractivity contribution in [3.05, 3.63) is 29.8 Å². The maximum Gasteiger partial charge on any atom is 0.338 e. The Morgan fingerprint density at radius 3 is 2.59 bits per heavy atom. The van der Waals surface area contributed by atoms with E-state index in [1.54, 1.807) is 31.4 Å². The minimum atomic E-state index is -0.739. The quantitative estimate of drug-likeness (QED) is 0.782. The van der Waals surface area contributed by atoms with Crippen LogP contribution in [0.25, 0.3) is 0 Å². The van der Waals surface area contributed by atoms with Gasteiger partial charge in [0.2, 0.25) is 0 Å². The van der Waals surface area contributed by atoms with Gasteiger partial charge in [-0.15, -0.1) is 0 Å². The normalized spacial score (nSPS) is 23.4. The van der Waals surface area contributed by atoms with Crippen molar-refractivity contribution in [2.45, 2.75) is 12.2 Å². The largest absolute Gasteiger partial charge is 0.497 e. The molecule has 1 heterocycles. The van der Waals surface area contributed by atoms with Crippen LogP contribution < -0.4 is 4.74 Å². The summed E-state index contributed by atoms with van der Waals surface area (Å²) in [6.07, 6.45) is -1.32. The number of ether oxygens (including phenoxy) is 3. The lowest BCUT2D eigenvalue weighted by atomic mass is 10.2. The van der Waals surface area contributed by atoms with Crippen LogP contribution in [0.15, 0.2) is 24.3 Å². The zero-order valence-corrected chi connectivity index (χ0v) is 9.46. The first kappa shape index (κ1) is 11.9. The van der Waals surface area contributed by atoms with Crippen molar-refractivity contribution in [3.63, 3.8) is 0 Å². The summed E-state index contributed by atoms with van der Waals surface area (Å²) in [5, 5.41) is 9.44. The molecule has 0 amide bonds. The molecule has 0 saturated carbocycles. The van der Waals surface area contributed by atoms with Crippen LogP contribution >= 0.6 is 0 Å². The number of aliphatic hydroxyl groups excluding tert-OH is 1. The molecule has 1 N–H and O–H groups in total. The molecule has 1 fully saturated rings. The second-order valence-electron chi connectivity index (χ2n) is 3.78. The molecule has 1 aliphatic rings. The first-order valence-corrected chi connectivity index (χ1v) is 5.31. The van der Waals surface area contributed by atoms with E-state index < -0.39 is 18.2 Å². The Labute approximate surface area is 98.9 Å². The third-order valence-electron chi connectivity index (χ3n) is 2.58. The van der Waals surface area contributed by atoms with Crippen LogP contribution in [0.1, 0.15) is 10.4 Å². The van der Waals surface area contributed by atoms with Gasteiger partial charge in [0.25, 0.3) is 0 Å². The number of methoxy groups -OCH3 is 1. The second kappa shape index (κ2) is 5.16. The summed E-state index contributed by atoms with van der Waals surface area (Å²) in [5.74, 6) is 0.202. The number of carbonyl (C=O) groups excluding carboxylic acids is 1. The molecule has 1 aromatic carbocycles. The molecular weight excluding hydrogens is 224 g/mol. The minimum absolute atomic E-state index is 0.209. The van der Waals surface area contributed by atoms with Crippen LogP contribution in [-0.2, 0) is 9.47 Å². The van der Waals surface area contributed by atoms with Crippen LogP contribution in [0.3, 0.4) is 0 Å². The number of esters is 1. The highest BCUT2D eigenvalue weighted by Gasteiger charge is 2.29. The van der Waals surface area contributed by atoms with Crippen LogP contribution in [0.4, 0.5) is 0 Å². The van der Waals surface area contributed by atoms with E-state index in [1.165, 1.54) is 0 Å². The lowest BCUT2D eigenvalue weighted by molar-refractivity contribution is 0.00114. The first-order valence-electron chi connectivity index (χ1n) is 5.31. The van der Waals surface area contributed by atoms with Gasteiger partial charge in [0.15, 0.2) is 6.10 Å². The summed E-state index contributed by atoms with van der Waals surface area (Å²) >= 11 is 0. The van der Waals surface area contributed by atoms with Gasteiger partial charge in [0, 0.05) is 0 Å². The summed E-state index contributed by atoms with van der Waals surface area (Å²) in [4.78, 5) is 11.7. The highest BCUT2D eigenvalue weighted by Crippen LogP contribution is 2.15. The van der Waals surface area contributed by atoms with E-state index in [0.717, 1.165) is 0 Å². The van der Waals surface area contributed by atoms with Gasteiger partial charge < -0.3 is 19.3 Å². The molecule has 1 aromatic rings. The fraction of sp³-hybridized carbons (Fsp3) is 0.417. The molecule has 1 saturated heterocycles.